The van der Waals surface area contributed by atoms with Crippen LogP contribution >= 0.6 is 34.8 Å². The molecule has 0 fully saturated rings. The summed E-state index contributed by atoms with van der Waals surface area (Å²) in [6.45, 7) is 1.54. The number of hydrogen-bond donors (Lipinski definition) is 1. The standard InChI is InChI=1S/C17H13Cl3N4O4S/c1-9-16(21-23-24(9)14-7-10(18)3-5-12(14)19)17(25)22-29(26,27)15-8-11(28-2)4-6-13(15)20/h3-8H,1-2H3,(H,22,25). The van der Waals surface area contributed by atoms with Gasteiger partial charge in [-0.3, -0.25) is 4.79 Å². The molecule has 3 rings (SSSR count). The van der Waals surface area contributed by atoms with E-state index in [0.717, 1.165) is 0 Å². The predicted molar refractivity (Wildman–Crippen MR) is 109 cm³/mol. The number of carbonyl (C=O) groups is 1. The lowest BCUT2D eigenvalue weighted by Gasteiger charge is -2.10. The molecule has 12 heteroatoms. The molecular weight excluding hydrogens is 463 g/mol. The molecule has 0 aliphatic carbocycles. The van der Waals surface area contributed by atoms with Crippen molar-refractivity contribution in [3.8, 4) is 11.4 Å². The maximum absolute atomic E-state index is 12.6. The van der Waals surface area contributed by atoms with Crippen molar-refractivity contribution in [1.29, 1.82) is 0 Å². The highest BCUT2D eigenvalue weighted by Crippen LogP contribution is 2.27. The quantitative estimate of drug-likeness (QED) is 0.604. The molecule has 1 heterocycles. The summed E-state index contributed by atoms with van der Waals surface area (Å²) in [5.74, 6) is -0.717. The number of methoxy groups -OCH3 is 1. The van der Waals surface area contributed by atoms with Crippen molar-refractivity contribution >= 4 is 50.7 Å². The van der Waals surface area contributed by atoms with E-state index in [-0.39, 0.29) is 27.1 Å². The van der Waals surface area contributed by atoms with Crippen LogP contribution in [-0.4, -0.2) is 36.4 Å². The van der Waals surface area contributed by atoms with Crippen molar-refractivity contribution in [2.75, 3.05) is 7.11 Å². The molecule has 152 valence electrons. The van der Waals surface area contributed by atoms with Gasteiger partial charge >= 0.3 is 0 Å². The maximum Gasteiger partial charge on any atom is 0.287 e. The van der Waals surface area contributed by atoms with E-state index in [4.69, 9.17) is 39.5 Å². The smallest absolute Gasteiger partial charge is 0.287 e. The molecule has 29 heavy (non-hydrogen) atoms. The lowest BCUT2D eigenvalue weighted by atomic mass is 10.3. The van der Waals surface area contributed by atoms with Crippen molar-refractivity contribution in [3.05, 3.63) is 62.9 Å². The number of nitrogens with zero attached hydrogens (tertiary/aromatic N) is 3. The van der Waals surface area contributed by atoms with Crippen molar-refractivity contribution in [1.82, 2.24) is 19.7 Å². The minimum absolute atomic E-state index is 0.0721. The molecule has 0 unspecified atom stereocenters. The average molecular weight is 476 g/mol. The molecule has 0 saturated heterocycles. The van der Waals surface area contributed by atoms with Crippen molar-refractivity contribution in [2.45, 2.75) is 11.8 Å². The Kier molecular flexibility index (Phi) is 6.04. The van der Waals surface area contributed by atoms with Crippen LogP contribution in [0.25, 0.3) is 5.69 Å². The first kappa shape index (κ1) is 21.4. The topological polar surface area (TPSA) is 103 Å². The Bertz CT molecular complexity index is 1210. The third kappa shape index (κ3) is 4.32. The third-order valence-electron chi connectivity index (χ3n) is 3.90. The van der Waals surface area contributed by atoms with Gasteiger partial charge in [-0.15, -0.1) is 5.10 Å². The van der Waals surface area contributed by atoms with Gasteiger partial charge in [-0.2, -0.15) is 0 Å². The van der Waals surface area contributed by atoms with Crippen LogP contribution in [0, 0.1) is 6.92 Å². The van der Waals surface area contributed by atoms with Gasteiger partial charge in [0.1, 0.15) is 10.6 Å². The van der Waals surface area contributed by atoms with Gasteiger partial charge < -0.3 is 4.74 Å². The molecule has 0 bridgehead atoms. The Morgan fingerprint density at radius 3 is 2.48 bits per heavy atom. The first-order valence-corrected chi connectivity index (χ1v) is 10.5. The number of sulfonamides is 1. The first-order chi connectivity index (χ1) is 13.6. The number of aromatic nitrogens is 3. The van der Waals surface area contributed by atoms with Gasteiger partial charge in [-0.25, -0.2) is 17.8 Å². The number of rotatable bonds is 5. The lowest BCUT2D eigenvalue weighted by molar-refractivity contribution is 0.0976. The molecule has 0 aliphatic heterocycles. The SMILES string of the molecule is COc1ccc(Cl)c(S(=O)(=O)NC(=O)c2nnn(-c3cc(Cl)ccc3Cl)c2C)c1. The summed E-state index contributed by atoms with van der Waals surface area (Å²) in [7, 11) is -2.92. The fraction of sp³-hybridized carbons (Fsp3) is 0.118. The summed E-state index contributed by atoms with van der Waals surface area (Å²) < 4.78 is 33.5. The van der Waals surface area contributed by atoms with E-state index in [9.17, 15) is 13.2 Å². The van der Waals surface area contributed by atoms with E-state index in [1.54, 1.807) is 18.2 Å². The number of benzene rings is 2. The van der Waals surface area contributed by atoms with Crippen LogP contribution in [0.5, 0.6) is 5.75 Å². The van der Waals surface area contributed by atoms with E-state index in [2.05, 4.69) is 10.3 Å². The Hall–Kier alpha value is -2.33. The van der Waals surface area contributed by atoms with Crippen LogP contribution in [0.15, 0.2) is 41.3 Å². The third-order valence-corrected chi connectivity index (χ3v) is 6.27. The van der Waals surface area contributed by atoms with Gasteiger partial charge in [0.05, 0.1) is 28.5 Å². The molecule has 1 aromatic heterocycles. The first-order valence-electron chi connectivity index (χ1n) is 7.92. The molecule has 2 aromatic carbocycles. The summed E-state index contributed by atoms with van der Waals surface area (Å²) in [5, 5.41) is 8.31. The monoisotopic (exact) mass is 474 g/mol. The molecule has 3 aromatic rings. The number of carbonyl (C=O) groups excluding carboxylic acids is 1. The van der Waals surface area contributed by atoms with Gasteiger partial charge in [0.15, 0.2) is 5.69 Å². The number of hydrogen-bond acceptors (Lipinski definition) is 6. The van der Waals surface area contributed by atoms with Crippen molar-refractivity contribution in [3.63, 3.8) is 0 Å². The Balaban J connectivity index is 1.94. The fourth-order valence-electron chi connectivity index (χ4n) is 2.46. The number of nitrogens with one attached hydrogen (secondary N) is 1. The normalized spacial score (nSPS) is 11.3. The van der Waals surface area contributed by atoms with E-state index in [1.165, 1.54) is 36.9 Å². The van der Waals surface area contributed by atoms with Crippen LogP contribution in [0.3, 0.4) is 0 Å². The van der Waals surface area contributed by atoms with Crippen molar-refractivity contribution in [2.24, 2.45) is 0 Å². The highest BCUT2D eigenvalue weighted by molar-refractivity contribution is 7.90. The molecule has 0 atom stereocenters. The summed E-state index contributed by atoms with van der Waals surface area (Å²) in [6, 6.07) is 8.75. The molecular formula is C17H13Cl3N4O4S. The second kappa shape index (κ2) is 8.19. The minimum atomic E-state index is -4.29. The number of ether oxygens (including phenoxy) is 1. The second-order valence-electron chi connectivity index (χ2n) is 5.76. The van der Waals surface area contributed by atoms with Crippen LogP contribution in [0.1, 0.15) is 16.2 Å². The van der Waals surface area contributed by atoms with Crippen molar-refractivity contribution < 1.29 is 17.9 Å². The van der Waals surface area contributed by atoms with Crippen LogP contribution in [0.4, 0.5) is 0 Å². The fourth-order valence-corrected chi connectivity index (χ4v) is 4.29. The summed E-state index contributed by atoms with van der Waals surface area (Å²) >= 11 is 18.1. The zero-order chi connectivity index (χ0) is 21.3. The molecule has 1 N–H and O–H groups in total. The van der Waals surface area contributed by atoms with E-state index in [1.807, 2.05) is 4.72 Å². The Morgan fingerprint density at radius 1 is 1.10 bits per heavy atom. The van der Waals surface area contributed by atoms with Crippen LogP contribution in [-0.2, 0) is 10.0 Å². The number of halogens is 3. The molecule has 0 aliphatic rings. The Labute approximate surface area is 181 Å². The summed E-state index contributed by atoms with van der Waals surface area (Å²) in [5.41, 5.74) is 0.448. The van der Waals surface area contributed by atoms with E-state index >= 15 is 0 Å². The predicted octanol–water partition coefficient (Wildman–Crippen LogP) is 3.66. The summed E-state index contributed by atoms with van der Waals surface area (Å²) in [4.78, 5) is 12.3. The van der Waals surface area contributed by atoms with Gasteiger partial charge in [0.25, 0.3) is 15.9 Å². The highest BCUT2D eigenvalue weighted by atomic mass is 35.5. The van der Waals surface area contributed by atoms with Crippen LogP contribution in [0.2, 0.25) is 15.1 Å². The zero-order valence-corrected chi connectivity index (χ0v) is 18.1. The Morgan fingerprint density at radius 2 is 1.79 bits per heavy atom. The van der Waals surface area contributed by atoms with Crippen LogP contribution < -0.4 is 9.46 Å². The van der Waals surface area contributed by atoms with Gasteiger partial charge in [0, 0.05) is 11.1 Å². The van der Waals surface area contributed by atoms with Gasteiger partial charge in [0.2, 0.25) is 0 Å². The number of amides is 1. The lowest BCUT2D eigenvalue weighted by Crippen LogP contribution is -2.31. The molecule has 0 radical (unpaired) electrons. The molecule has 0 spiro atoms. The molecule has 1 amide bonds. The maximum atomic E-state index is 12.6. The van der Waals surface area contributed by atoms with Gasteiger partial charge in [-0.05, 0) is 37.3 Å². The second-order valence-corrected chi connectivity index (χ2v) is 8.66. The average Bonchev–Trinajstić information content (AvgIpc) is 3.05. The highest BCUT2D eigenvalue weighted by Gasteiger charge is 2.26. The molecule has 8 nitrogen and oxygen atoms in total. The largest absolute Gasteiger partial charge is 0.497 e. The van der Waals surface area contributed by atoms with Gasteiger partial charge in [-0.1, -0.05) is 40.0 Å². The minimum Gasteiger partial charge on any atom is -0.497 e. The summed E-state index contributed by atoms with van der Waals surface area (Å²) in [6.07, 6.45) is 0. The van der Waals surface area contributed by atoms with E-state index in [0.29, 0.717) is 15.7 Å². The zero-order valence-electron chi connectivity index (χ0n) is 15.0. The van der Waals surface area contributed by atoms with E-state index < -0.39 is 15.9 Å². The molecule has 0 saturated carbocycles.